The minimum Gasteiger partial charge on any atom is -0.356 e. The SMILES string of the molecule is Cc1cccc(NC(=O)CCNC(=O)CCCn2cccn2)c1. The first-order valence-electron chi connectivity index (χ1n) is 7.74. The van der Waals surface area contributed by atoms with E-state index in [2.05, 4.69) is 15.7 Å². The molecule has 0 bridgehead atoms. The summed E-state index contributed by atoms with van der Waals surface area (Å²) in [5.41, 5.74) is 1.87. The maximum absolute atomic E-state index is 11.8. The highest BCUT2D eigenvalue weighted by Gasteiger charge is 2.05. The summed E-state index contributed by atoms with van der Waals surface area (Å²) >= 11 is 0. The molecule has 6 heteroatoms. The molecule has 0 unspecified atom stereocenters. The van der Waals surface area contributed by atoms with E-state index in [1.165, 1.54) is 0 Å². The Bertz CT molecular complexity index is 638. The number of carbonyl (C=O) groups is 2. The van der Waals surface area contributed by atoms with Crippen LogP contribution in [0.25, 0.3) is 0 Å². The molecule has 0 radical (unpaired) electrons. The van der Waals surface area contributed by atoms with Crippen molar-refractivity contribution in [1.29, 1.82) is 0 Å². The summed E-state index contributed by atoms with van der Waals surface area (Å²) in [7, 11) is 0. The van der Waals surface area contributed by atoms with Gasteiger partial charge in [0, 0.05) is 44.0 Å². The fourth-order valence-corrected chi connectivity index (χ4v) is 2.18. The molecule has 0 aliphatic heterocycles. The maximum Gasteiger partial charge on any atom is 0.226 e. The molecule has 0 atom stereocenters. The highest BCUT2D eigenvalue weighted by molar-refractivity contribution is 5.91. The first-order chi connectivity index (χ1) is 11.1. The standard InChI is InChI=1S/C17H22N4O2/c1-14-5-2-6-15(13-14)20-17(23)8-10-18-16(22)7-3-11-21-12-4-9-19-21/h2,4-6,9,12-13H,3,7-8,10-11H2,1H3,(H,18,22)(H,20,23). The molecule has 0 saturated carbocycles. The Morgan fingerprint density at radius 1 is 1.17 bits per heavy atom. The van der Waals surface area contributed by atoms with Gasteiger partial charge in [-0.25, -0.2) is 0 Å². The number of nitrogens with one attached hydrogen (secondary N) is 2. The second-order valence-electron chi connectivity index (χ2n) is 5.39. The lowest BCUT2D eigenvalue weighted by atomic mass is 10.2. The van der Waals surface area contributed by atoms with Crippen LogP contribution in [0.15, 0.2) is 42.7 Å². The molecule has 0 fully saturated rings. The first-order valence-corrected chi connectivity index (χ1v) is 7.74. The predicted molar refractivity (Wildman–Crippen MR) is 88.9 cm³/mol. The third-order valence-corrected chi connectivity index (χ3v) is 3.33. The van der Waals surface area contributed by atoms with E-state index in [1.54, 1.807) is 10.9 Å². The third kappa shape index (κ3) is 6.34. The lowest BCUT2D eigenvalue weighted by Gasteiger charge is -2.07. The average Bonchev–Trinajstić information content (AvgIpc) is 3.00. The first kappa shape index (κ1) is 16.7. The Kier molecular flexibility index (Phi) is 6.35. The van der Waals surface area contributed by atoms with Gasteiger partial charge < -0.3 is 10.6 Å². The molecule has 0 aliphatic rings. The Labute approximate surface area is 135 Å². The zero-order valence-electron chi connectivity index (χ0n) is 13.3. The number of nitrogens with zero attached hydrogens (tertiary/aromatic N) is 2. The van der Waals surface area contributed by atoms with Crippen LogP contribution in [0.5, 0.6) is 0 Å². The minimum atomic E-state index is -0.104. The lowest BCUT2D eigenvalue weighted by molar-refractivity contribution is -0.121. The summed E-state index contributed by atoms with van der Waals surface area (Å²) in [6.45, 7) is 3.03. The van der Waals surface area contributed by atoms with Gasteiger partial charge in [0.25, 0.3) is 0 Å². The molecular weight excluding hydrogens is 292 g/mol. The second kappa shape index (κ2) is 8.73. The summed E-state index contributed by atoms with van der Waals surface area (Å²) in [5.74, 6) is -0.145. The number of hydrogen-bond acceptors (Lipinski definition) is 3. The zero-order chi connectivity index (χ0) is 16.5. The molecule has 0 saturated heterocycles. The van der Waals surface area contributed by atoms with E-state index in [9.17, 15) is 9.59 Å². The van der Waals surface area contributed by atoms with Crippen molar-refractivity contribution >= 4 is 17.5 Å². The normalized spacial score (nSPS) is 10.3. The third-order valence-electron chi connectivity index (χ3n) is 3.33. The lowest BCUT2D eigenvalue weighted by Crippen LogP contribution is -2.27. The zero-order valence-corrected chi connectivity index (χ0v) is 13.3. The molecule has 1 heterocycles. The van der Waals surface area contributed by atoms with Crippen LogP contribution in [0.3, 0.4) is 0 Å². The van der Waals surface area contributed by atoms with E-state index in [4.69, 9.17) is 0 Å². The van der Waals surface area contributed by atoms with E-state index in [0.29, 0.717) is 19.5 Å². The number of carbonyl (C=O) groups excluding carboxylic acids is 2. The van der Waals surface area contributed by atoms with Crippen LogP contribution in [0.2, 0.25) is 0 Å². The predicted octanol–water partition coefficient (Wildman–Crippen LogP) is 2.12. The summed E-state index contributed by atoms with van der Waals surface area (Å²) in [6.07, 6.45) is 5.00. The summed E-state index contributed by atoms with van der Waals surface area (Å²) < 4.78 is 1.79. The van der Waals surface area contributed by atoms with Crippen LogP contribution in [0.1, 0.15) is 24.8 Å². The molecule has 6 nitrogen and oxygen atoms in total. The fourth-order valence-electron chi connectivity index (χ4n) is 2.18. The number of anilines is 1. The van der Waals surface area contributed by atoms with Gasteiger partial charge in [-0.3, -0.25) is 14.3 Å². The Balaban J connectivity index is 1.58. The number of benzene rings is 1. The van der Waals surface area contributed by atoms with E-state index in [-0.39, 0.29) is 18.2 Å². The molecule has 2 N–H and O–H groups in total. The number of rotatable bonds is 8. The molecule has 0 spiro atoms. The van der Waals surface area contributed by atoms with Crippen molar-refractivity contribution in [3.8, 4) is 0 Å². The van der Waals surface area contributed by atoms with Gasteiger partial charge in [0.1, 0.15) is 0 Å². The van der Waals surface area contributed by atoms with Crippen LogP contribution in [0.4, 0.5) is 5.69 Å². The van der Waals surface area contributed by atoms with Crippen LogP contribution in [-0.4, -0.2) is 28.1 Å². The topological polar surface area (TPSA) is 76.0 Å². The van der Waals surface area contributed by atoms with E-state index in [0.717, 1.165) is 17.7 Å². The van der Waals surface area contributed by atoms with Gasteiger partial charge in [-0.1, -0.05) is 12.1 Å². The van der Waals surface area contributed by atoms with Crippen molar-refractivity contribution in [3.05, 3.63) is 48.3 Å². The van der Waals surface area contributed by atoms with Crippen LogP contribution in [-0.2, 0) is 16.1 Å². The minimum absolute atomic E-state index is 0.0412. The van der Waals surface area contributed by atoms with Crippen molar-refractivity contribution in [1.82, 2.24) is 15.1 Å². The number of aryl methyl sites for hydroxylation is 2. The van der Waals surface area contributed by atoms with Gasteiger partial charge in [0.05, 0.1) is 0 Å². The fraction of sp³-hybridized carbons (Fsp3) is 0.353. The van der Waals surface area contributed by atoms with Gasteiger partial charge in [-0.2, -0.15) is 5.10 Å². The molecule has 23 heavy (non-hydrogen) atoms. The summed E-state index contributed by atoms with van der Waals surface area (Å²) in [4.78, 5) is 23.5. The number of aromatic nitrogens is 2. The Hall–Kier alpha value is -2.63. The molecule has 2 amide bonds. The van der Waals surface area contributed by atoms with Gasteiger partial charge in [0.15, 0.2) is 0 Å². The van der Waals surface area contributed by atoms with Gasteiger partial charge in [-0.05, 0) is 37.1 Å². The maximum atomic E-state index is 11.8. The number of amides is 2. The highest BCUT2D eigenvalue weighted by atomic mass is 16.2. The molecule has 2 rings (SSSR count). The molecule has 2 aromatic rings. The Morgan fingerprint density at radius 3 is 2.78 bits per heavy atom. The van der Waals surface area contributed by atoms with Crippen molar-refractivity contribution in [2.75, 3.05) is 11.9 Å². The molecule has 1 aromatic heterocycles. The summed E-state index contributed by atoms with van der Waals surface area (Å²) in [5, 5.41) is 9.65. The van der Waals surface area contributed by atoms with Crippen LogP contribution < -0.4 is 10.6 Å². The summed E-state index contributed by atoms with van der Waals surface area (Å²) in [6, 6.07) is 9.48. The van der Waals surface area contributed by atoms with Crippen molar-refractivity contribution in [2.24, 2.45) is 0 Å². The van der Waals surface area contributed by atoms with Gasteiger partial charge in [0.2, 0.25) is 11.8 Å². The molecule has 0 aliphatic carbocycles. The Morgan fingerprint density at radius 2 is 2.04 bits per heavy atom. The monoisotopic (exact) mass is 314 g/mol. The van der Waals surface area contributed by atoms with E-state index >= 15 is 0 Å². The van der Waals surface area contributed by atoms with Crippen molar-refractivity contribution in [2.45, 2.75) is 32.7 Å². The highest BCUT2D eigenvalue weighted by Crippen LogP contribution is 2.09. The van der Waals surface area contributed by atoms with E-state index < -0.39 is 0 Å². The number of hydrogen-bond donors (Lipinski definition) is 2. The molecular formula is C17H22N4O2. The van der Waals surface area contributed by atoms with Crippen LogP contribution >= 0.6 is 0 Å². The van der Waals surface area contributed by atoms with Crippen LogP contribution in [0, 0.1) is 6.92 Å². The van der Waals surface area contributed by atoms with E-state index in [1.807, 2.05) is 43.5 Å². The largest absolute Gasteiger partial charge is 0.356 e. The van der Waals surface area contributed by atoms with Gasteiger partial charge in [-0.15, -0.1) is 0 Å². The second-order valence-corrected chi connectivity index (χ2v) is 5.39. The average molecular weight is 314 g/mol. The van der Waals surface area contributed by atoms with Gasteiger partial charge >= 0.3 is 0 Å². The molecule has 1 aromatic carbocycles. The smallest absolute Gasteiger partial charge is 0.226 e. The van der Waals surface area contributed by atoms with Crippen molar-refractivity contribution < 1.29 is 9.59 Å². The molecule has 122 valence electrons. The quantitative estimate of drug-likeness (QED) is 0.783. The van der Waals surface area contributed by atoms with Crippen molar-refractivity contribution in [3.63, 3.8) is 0 Å².